The van der Waals surface area contributed by atoms with Crippen molar-refractivity contribution in [3.8, 4) is 0 Å². The summed E-state index contributed by atoms with van der Waals surface area (Å²) in [6.07, 6.45) is 7.10. The van der Waals surface area contributed by atoms with Crippen LogP contribution in [-0.4, -0.2) is 19.6 Å². The van der Waals surface area contributed by atoms with E-state index in [0.717, 1.165) is 12.1 Å². The standard InChI is InChI=1S/C10H11N3O/c14-7-10-6-13(8-12-10)5-9-2-1-3-11-4-9/h1-4,6,8,14H,5,7H2. The van der Waals surface area contributed by atoms with E-state index in [1.807, 2.05) is 29.1 Å². The number of aromatic nitrogens is 3. The van der Waals surface area contributed by atoms with Gasteiger partial charge in [-0.1, -0.05) is 6.07 Å². The van der Waals surface area contributed by atoms with Crippen LogP contribution in [0.5, 0.6) is 0 Å². The maximum Gasteiger partial charge on any atom is 0.0953 e. The highest BCUT2D eigenvalue weighted by Crippen LogP contribution is 2.02. The van der Waals surface area contributed by atoms with E-state index in [-0.39, 0.29) is 6.61 Å². The van der Waals surface area contributed by atoms with Gasteiger partial charge in [0.15, 0.2) is 0 Å². The molecule has 4 nitrogen and oxygen atoms in total. The Bertz CT molecular complexity index is 397. The number of aliphatic hydroxyl groups is 1. The van der Waals surface area contributed by atoms with E-state index < -0.39 is 0 Å². The molecule has 2 rings (SSSR count). The second-order valence-corrected chi connectivity index (χ2v) is 3.06. The lowest BCUT2D eigenvalue weighted by molar-refractivity contribution is 0.277. The van der Waals surface area contributed by atoms with Crippen molar-refractivity contribution in [2.45, 2.75) is 13.2 Å². The quantitative estimate of drug-likeness (QED) is 0.777. The monoisotopic (exact) mass is 189 g/mol. The van der Waals surface area contributed by atoms with Gasteiger partial charge in [-0.05, 0) is 11.6 Å². The summed E-state index contributed by atoms with van der Waals surface area (Å²) >= 11 is 0. The molecule has 0 spiro atoms. The molecular weight excluding hydrogens is 178 g/mol. The van der Waals surface area contributed by atoms with Crippen LogP contribution in [0, 0.1) is 0 Å². The molecule has 0 aliphatic rings. The molecule has 0 unspecified atom stereocenters. The van der Waals surface area contributed by atoms with Crippen molar-refractivity contribution in [3.63, 3.8) is 0 Å². The van der Waals surface area contributed by atoms with Gasteiger partial charge < -0.3 is 9.67 Å². The van der Waals surface area contributed by atoms with Crippen molar-refractivity contribution in [2.24, 2.45) is 0 Å². The number of hydrogen-bond acceptors (Lipinski definition) is 3. The van der Waals surface area contributed by atoms with Gasteiger partial charge in [-0.3, -0.25) is 4.98 Å². The normalized spacial score (nSPS) is 10.4. The first-order valence-corrected chi connectivity index (χ1v) is 4.39. The summed E-state index contributed by atoms with van der Waals surface area (Å²) in [5.41, 5.74) is 1.81. The third-order valence-electron chi connectivity index (χ3n) is 1.94. The van der Waals surface area contributed by atoms with E-state index in [1.54, 1.807) is 12.5 Å². The fraction of sp³-hybridized carbons (Fsp3) is 0.200. The summed E-state index contributed by atoms with van der Waals surface area (Å²) in [4.78, 5) is 8.05. The molecule has 0 atom stereocenters. The smallest absolute Gasteiger partial charge is 0.0953 e. The number of hydrogen-bond donors (Lipinski definition) is 1. The van der Waals surface area contributed by atoms with Gasteiger partial charge in [0.2, 0.25) is 0 Å². The van der Waals surface area contributed by atoms with Crippen LogP contribution in [0.1, 0.15) is 11.3 Å². The Balaban J connectivity index is 2.11. The third-order valence-corrected chi connectivity index (χ3v) is 1.94. The van der Waals surface area contributed by atoms with Crippen molar-refractivity contribution in [2.75, 3.05) is 0 Å². The first-order chi connectivity index (χ1) is 6.88. The summed E-state index contributed by atoms with van der Waals surface area (Å²) in [5, 5.41) is 8.83. The zero-order chi connectivity index (χ0) is 9.80. The molecule has 72 valence electrons. The minimum atomic E-state index is -0.0138. The minimum absolute atomic E-state index is 0.0138. The number of nitrogens with zero attached hydrogens (tertiary/aromatic N) is 3. The predicted molar refractivity (Wildman–Crippen MR) is 51.5 cm³/mol. The zero-order valence-electron chi connectivity index (χ0n) is 7.67. The fourth-order valence-electron chi connectivity index (χ4n) is 1.28. The molecule has 2 aromatic heterocycles. The van der Waals surface area contributed by atoms with E-state index in [0.29, 0.717) is 5.69 Å². The van der Waals surface area contributed by atoms with E-state index >= 15 is 0 Å². The molecule has 0 radical (unpaired) electrons. The molecule has 14 heavy (non-hydrogen) atoms. The van der Waals surface area contributed by atoms with E-state index in [2.05, 4.69) is 9.97 Å². The Kier molecular flexibility index (Phi) is 2.55. The highest BCUT2D eigenvalue weighted by Gasteiger charge is 1.97. The highest BCUT2D eigenvalue weighted by molar-refractivity contribution is 5.09. The Morgan fingerprint density at radius 3 is 3.00 bits per heavy atom. The highest BCUT2D eigenvalue weighted by atomic mass is 16.3. The number of aliphatic hydroxyl groups excluding tert-OH is 1. The second kappa shape index (κ2) is 4.02. The largest absolute Gasteiger partial charge is 0.390 e. The van der Waals surface area contributed by atoms with Crippen LogP contribution in [0.25, 0.3) is 0 Å². The lowest BCUT2D eigenvalue weighted by Gasteiger charge is -2.00. The molecule has 4 heteroatoms. The average Bonchev–Trinajstić information content (AvgIpc) is 2.67. The summed E-state index contributed by atoms with van der Waals surface area (Å²) in [7, 11) is 0. The molecule has 0 saturated carbocycles. The molecule has 2 aromatic rings. The summed E-state index contributed by atoms with van der Waals surface area (Å²) in [6.45, 7) is 0.723. The van der Waals surface area contributed by atoms with Crippen molar-refractivity contribution >= 4 is 0 Å². The van der Waals surface area contributed by atoms with Crippen LogP contribution in [0.3, 0.4) is 0 Å². The molecule has 0 aliphatic heterocycles. The molecule has 0 aromatic carbocycles. The molecule has 0 aliphatic carbocycles. The van der Waals surface area contributed by atoms with Crippen LogP contribution in [0.4, 0.5) is 0 Å². The van der Waals surface area contributed by atoms with Gasteiger partial charge in [-0.15, -0.1) is 0 Å². The van der Waals surface area contributed by atoms with Crippen LogP contribution in [0.2, 0.25) is 0 Å². The topological polar surface area (TPSA) is 50.9 Å². The molecular formula is C10H11N3O. The Labute approximate surface area is 81.9 Å². The predicted octanol–water partition coefficient (Wildman–Crippen LogP) is 0.819. The lowest BCUT2D eigenvalue weighted by Crippen LogP contribution is -1.96. The Morgan fingerprint density at radius 1 is 1.43 bits per heavy atom. The van der Waals surface area contributed by atoms with Crippen LogP contribution in [-0.2, 0) is 13.2 Å². The number of pyridine rings is 1. The van der Waals surface area contributed by atoms with Crippen LogP contribution in [0.15, 0.2) is 37.1 Å². The van der Waals surface area contributed by atoms with Crippen LogP contribution >= 0.6 is 0 Å². The average molecular weight is 189 g/mol. The maximum absolute atomic E-state index is 8.83. The summed E-state index contributed by atoms with van der Waals surface area (Å²) in [6, 6.07) is 3.91. The first-order valence-electron chi connectivity index (χ1n) is 4.39. The second-order valence-electron chi connectivity index (χ2n) is 3.06. The van der Waals surface area contributed by atoms with E-state index in [9.17, 15) is 0 Å². The fourth-order valence-corrected chi connectivity index (χ4v) is 1.28. The van der Waals surface area contributed by atoms with Gasteiger partial charge >= 0.3 is 0 Å². The Hall–Kier alpha value is -1.68. The molecule has 2 heterocycles. The molecule has 0 saturated heterocycles. The van der Waals surface area contributed by atoms with Gasteiger partial charge in [0.05, 0.1) is 25.2 Å². The van der Waals surface area contributed by atoms with Crippen molar-refractivity contribution in [3.05, 3.63) is 48.3 Å². The Morgan fingerprint density at radius 2 is 2.36 bits per heavy atom. The van der Waals surface area contributed by atoms with Crippen LogP contribution < -0.4 is 0 Å². The molecule has 0 amide bonds. The summed E-state index contributed by atoms with van der Waals surface area (Å²) in [5.74, 6) is 0. The first kappa shape index (κ1) is 8.90. The van der Waals surface area contributed by atoms with E-state index in [1.165, 1.54) is 0 Å². The van der Waals surface area contributed by atoms with Crippen molar-refractivity contribution < 1.29 is 5.11 Å². The van der Waals surface area contributed by atoms with Gasteiger partial charge in [-0.25, -0.2) is 4.98 Å². The SMILES string of the molecule is OCc1cn(Cc2cccnc2)cn1. The van der Waals surface area contributed by atoms with Gasteiger partial charge in [-0.2, -0.15) is 0 Å². The van der Waals surface area contributed by atoms with Crippen molar-refractivity contribution in [1.29, 1.82) is 0 Å². The van der Waals surface area contributed by atoms with Crippen molar-refractivity contribution in [1.82, 2.24) is 14.5 Å². The number of imidazole rings is 1. The third kappa shape index (κ3) is 1.97. The van der Waals surface area contributed by atoms with Gasteiger partial charge in [0.25, 0.3) is 0 Å². The minimum Gasteiger partial charge on any atom is -0.390 e. The van der Waals surface area contributed by atoms with Gasteiger partial charge in [0, 0.05) is 18.6 Å². The number of rotatable bonds is 3. The molecule has 1 N–H and O–H groups in total. The molecule has 0 bridgehead atoms. The van der Waals surface area contributed by atoms with E-state index in [4.69, 9.17) is 5.11 Å². The summed E-state index contributed by atoms with van der Waals surface area (Å²) < 4.78 is 1.92. The maximum atomic E-state index is 8.83. The zero-order valence-corrected chi connectivity index (χ0v) is 7.67. The van der Waals surface area contributed by atoms with Gasteiger partial charge in [0.1, 0.15) is 0 Å². The lowest BCUT2D eigenvalue weighted by atomic mass is 10.3. The molecule has 0 fully saturated rings.